The van der Waals surface area contributed by atoms with Crippen LogP contribution in [0.2, 0.25) is 3.67 Å². The Hall–Kier alpha value is 0.0400. The van der Waals surface area contributed by atoms with E-state index in [0.717, 1.165) is 40.1 Å². The first-order valence-corrected chi connectivity index (χ1v) is 5.19. The Morgan fingerprint density at radius 1 is 1.33 bits per heavy atom. The van der Waals surface area contributed by atoms with Crippen LogP contribution in [0.1, 0.15) is 11.7 Å². The first-order valence-electron chi connectivity index (χ1n) is 3.78. The average Bonchev–Trinajstić information content (AvgIpc) is 2.08. The van der Waals surface area contributed by atoms with Gasteiger partial charge < -0.3 is 0 Å². The molecule has 0 spiro atoms. The van der Waals surface area contributed by atoms with Crippen molar-refractivity contribution in [1.29, 1.82) is 0 Å². The molecule has 1 aromatic carbocycles. The summed E-state index contributed by atoms with van der Waals surface area (Å²) in [5.41, 5.74) is 0.448. The first-order chi connectivity index (χ1) is 5.65. The third-order valence-corrected chi connectivity index (χ3v) is 2.49. The van der Waals surface area contributed by atoms with Gasteiger partial charge in [-0.05, 0) is 0 Å². The summed E-state index contributed by atoms with van der Waals surface area (Å²) < 4.78 is 25.6. The van der Waals surface area contributed by atoms with Crippen LogP contribution >= 0.6 is 0 Å². The normalized spacial score (nSPS) is 13.1. The summed E-state index contributed by atoms with van der Waals surface area (Å²) in [4.78, 5) is 0. The van der Waals surface area contributed by atoms with Crippen molar-refractivity contribution in [2.75, 3.05) is 0 Å². The van der Waals surface area contributed by atoms with Gasteiger partial charge in [0.25, 0.3) is 0 Å². The van der Waals surface area contributed by atoms with E-state index in [1.54, 1.807) is 0 Å². The quantitative estimate of drug-likeness (QED) is 0.685. The minimum absolute atomic E-state index is 0.448. The fourth-order valence-corrected chi connectivity index (χ4v) is 1.43. The predicted octanol–water partition coefficient (Wildman–Crippen LogP) is 1.58. The Kier molecular flexibility index (Phi) is 3.65. The van der Waals surface area contributed by atoms with Gasteiger partial charge in [-0.3, -0.25) is 0 Å². The van der Waals surface area contributed by atoms with Gasteiger partial charge in [0, 0.05) is 0 Å². The Morgan fingerprint density at radius 3 is 2.50 bits per heavy atom. The van der Waals surface area contributed by atoms with Crippen molar-refractivity contribution in [1.82, 2.24) is 0 Å². The second-order valence-electron chi connectivity index (χ2n) is 2.60. The van der Waals surface area contributed by atoms with Crippen LogP contribution in [0.4, 0.5) is 8.78 Å². The van der Waals surface area contributed by atoms with E-state index in [9.17, 15) is 13.9 Å². The Morgan fingerprint density at radius 2 is 2.00 bits per heavy atom. The number of hydrogen-bond donors (Lipinski definition) is 1. The molecular formula is C8H7F2NaO. The van der Waals surface area contributed by atoms with Crippen LogP contribution in [-0.4, -0.2) is 33.0 Å². The number of aliphatic hydroxyl groups is 1. The van der Waals surface area contributed by atoms with E-state index in [4.69, 9.17) is 0 Å². The Labute approximate surface area is 86.8 Å². The van der Waals surface area contributed by atoms with Crippen molar-refractivity contribution in [3.8, 4) is 0 Å². The van der Waals surface area contributed by atoms with Gasteiger partial charge >= 0.3 is 87.0 Å². The molecular weight excluding hydrogens is 173 g/mol. The van der Waals surface area contributed by atoms with Crippen LogP contribution in [0.5, 0.6) is 0 Å². The zero-order chi connectivity index (χ0) is 9.14. The van der Waals surface area contributed by atoms with E-state index in [2.05, 4.69) is 0 Å². The Bertz CT molecular complexity index is 278. The molecule has 0 fully saturated rings. The van der Waals surface area contributed by atoms with Crippen molar-refractivity contribution in [2.45, 2.75) is 9.77 Å². The van der Waals surface area contributed by atoms with Gasteiger partial charge in [0.15, 0.2) is 0 Å². The topological polar surface area (TPSA) is 20.2 Å². The molecule has 0 aliphatic rings. The Balaban J connectivity index is 2.96. The molecule has 4 heteroatoms. The van der Waals surface area contributed by atoms with Crippen LogP contribution in [-0.2, 0) is 0 Å². The molecule has 1 unspecified atom stereocenters. The van der Waals surface area contributed by atoms with E-state index >= 15 is 0 Å². The summed E-state index contributed by atoms with van der Waals surface area (Å²) in [6.07, 6.45) is -0.647. The zero-order valence-electron chi connectivity index (χ0n) is 6.72. The van der Waals surface area contributed by atoms with Gasteiger partial charge in [-0.25, -0.2) is 0 Å². The zero-order valence-corrected chi connectivity index (χ0v) is 8.72. The molecule has 12 heavy (non-hydrogen) atoms. The molecule has 1 N–H and O–H groups in total. The number of halogens is 2. The van der Waals surface area contributed by atoms with E-state index in [-0.39, 0.29) is 0 Å². The summed E-state index contributed by atoms with van der Waals surface area (Å²) in [5, 5.41) is 9.29. The SMILES string of the molecule is OC([CH2][Na])c1ccc(F)c(F)c1. The van der Waals surface area contributed by atoms with Crippen molar-refractivity contribution < 1.29 is 13.9 Å². The van der Waals surface area contributed by atoms with Crippen molar-refractivity contribution in [3.05, 3.63) is 35.4 Å². The van der Waals surface area contributed by atoms with Crippen LogP contribution in [0.3, 0.4) is 0 Å². The molecule has 60 valence electrons. The first kappa shape index (κ1) is 10.1. The molecule has 0 saturated carbocycles. The van der Waals surface area contributed by atoms with Crippen LogP contribution in [0.15, 0.2) is 18.2 Å². The molecule has 1 nitrogen and oxygen atoms in total. The van der Waals surface area contributed by atoms with Gasteiger partial charge in [0.2, 0.25) is 0 Å². The van der Waals surface area contributed by atoms with Gasteiger partial charge in [-0.2, -0.15) is 0 Å². The van der Waals surface area contributed by atoms with E-state index in [1.165, 1.54) is 6.07 Å². The van der Waals surface area contributed by atoms with Gasteiger partial charge in [-0.1, -0.05) is 0 Å². The predicted molar refractivity (Wildman–Crippen MR) is 41.9 cm³/mol. The second kappa shape index (κ2) is 4.33. The number of aliphatic hydroxyl groups excluding tert-OH is 1. The summed E-state index contributed by atoms with van der Waals surface area (Å²) >= 11 is 0.837. The summed E-state index contributed by atoms with van der Waals surface area (Å²) in [5.74, 6) is -1.78. The van der Waals surface area contributed by atoms with E-state index < -0.39 is 17.7 Å². The maximum absolute atomic E-state index is 12.6. The van der Waals surface area contributed by atoms with Crippen molar-refractivity contribution in [3.63, 3.8) is 0 Å². The monoisotopic (exact) mass is 180 g/mol. The van der Waals surface area contributed by atoms with E-state index in [1.807, 2.05) is 0 Å². The molecule has 0 aliphatic carbocycles. The van der Waals surface area contributed by atoms with Gasteiger partial charge in [0.05, 0.1) is 0 Å². The molecule has 1 rings (SSSR count). The number of hydrogen-bond acceptors (Lipinski definition) is 1. The molecule has 0 aliphatic heterocycles. The molecule has 0 saturated heterocycles. The van der Waals surface area contributed by atoms with Crippen molar-refractivity contribution in [2.24, 2.45) is 0 Å². The molecule has 1 atom stereocenters. The molecule has 0 aromatic heterocycles. The maximum atomic E-state index is 12.6. The third-order valence-electron chi connectivity index (χ3n) is 1.72. The van der Waals surface area contributed by atoms with E-state index in [0.29, 0.717) is 9.23 Å². The molecule has 0 bridgehead atoms. The van der Waals surface area contributed by atoms with Crippen LogP contribution in [0.25, 0.3) is 0 Å². The van der Waals surface area contributed by atoms with Gasteiger partial charge in [0.1, 0.15) is 0 Å². The summed E-state index contributed by atoms with van der Waals surface area (Å²) in [6, 6.07) is 3.48. The average molecular weight is 180 g/mol. The second-order valence-corrected chi connectivity index (χ2v) is 3.41. The van der Waals surface area contributed by atoms with Gasteiger partial charge in [-0.15, -0.1) is 0 Å². The number of benzene rings is 1. The molecule has 1 aromatic rings. The minimum atomic E-state index is -0.901. The standard InChI is InChI=1S/C8H7F2O.Na/c1-5(11)6-2-3-7(9)8(10)4-6;/h2-5,11H,1H2;. The third kappa shape index (κ3) is 2.26. The molecule has 0 radical (unpaired) electrons. The number of rotatable bonds is 2. The summed E-state index contributed by atoms with van der Waals surface area (Å²) in [6.45, 7) is 0. The fraction of sp³-hybridized carbons (Fsp3) is 0.250. The van der Waals surface area contributed by atoms with Crippen LogP contribution in [0, 0.1) is 11.6 Å². The molecule has 0 heterocycles. The summed E-state index contributed by atoms with van der Waals surface area (Å²) in [7, 11) is 0. The van der Waals surface area contributed by atoms with Crippen LogP contribution < -0.4 is 0 Å². The fourth-order valence-electron chi connectivity index (χ4n) is 0.955. The molecule has 0 amide bonds. The van der Waals surface area contributed by atoms with Crippen molar-refractivity contribution >= 4 is 27.9 Å².